The van der Waals surface area contributed by atoms with Gasteiger partial charge in [-0.1, -0.05) is 41.4 Å². The van der Waals surface area contributed by atoms with Crippen molar-refractivity contribution in [1.82, 2.24) is 14.7 Å². The highest BCUT2D eigenvalue weighted by atomic mass is 35.5. The molecule has 0 spiro atoms. The van der Waals surface area contributed by atoms with Gasteiger partial charge in [0.05, 0.1) is 26.0 Å². The second kappa shape index (κ2) is 9.62. The van der Waals surface area contributed by atoms with Crippen LogP contribution in [0.2, 0.25) is 10.0 Å². The number of benzene rings is 2. The lowest BCUT2D eigenvalue weighted by atomic mass is 10.1. The SMILES string of the molecule is O=C(Nc1ccnn1Cc1ccc(Cl)cc1Cl)c1ccc(CN2CCOCC2)cc1. The van der Waals surface area contributed by atoms with Crippen LogP contribution >= 0.6 is 23.2 Å². The van der Waals surface area contributed by atoms with Crippen LogP contribution in [0.5, 0.6) is 0 Å². The Labute approximate surface area is 185 Å². The number of aromatic nitrogens is 2. The lowest BCUT2D eigenvalue weighted by Gasteiger charge is -2.26. The number of carbonyl (C=O) groups excluding carboxylic acids is 1. The van der Waals surface area contributed by atoms with Gasteiger partial charge in [0.2, 0.25) is 0 Å². The van der Waals surface area contributed by atoms with Crippen molar-refractivity contribution >= 4 is 34.9 Å². The summed E-state index contributed by atoms with van der Waals surface area (Å²) in [5, 5.41) is 8.36. The van der Waals surface area contributed by atoms with Crippen LogP contribution < -0.4 is 5.32 Å². The van der Waals surface area contributed by atoms with Gasteiger partial charge in [0, 0.05) is 41.3 Å². The summed E-state index contributed by atoms with van der Waals surface area (Å²) in [6.07, 6.45) is 1.64. The molecule has 30 heavy (non-hydrogen) atoms. The number of nitrogens with zero attached hydrogens (tertiary/aromatic N) is 3. The molecular formula is C22H22Cl2N4O2. The minimum atomic E-state index is -0.183. The number of ether oxygens (including phenoxy) is 1. The number of nitrogens with one attached hydrogen (secondary N) is 1. The first kappa shape index (κ1) is 20.9. The third-order valence-corrected chi connectivity index (χ3v) is 5.61. The Balaban J connectivity index is 1.40. The van der Waals surface area contributed by atoms with Gasteiger partial charge in [0.15, 0.2) is 0 Å². The summed E-state index contributed by atoms with van der Waals surface area (Å²) in [6.45, 7) is 4.70. The van der Waals surface area contributed by atoms with Crippen molar-refractivity contribution in [2.45, 2.75) is 13.1 Å². The number of carbonyl (C=O) groups is 1. The molecule has 8 heteroatoms. The van der Waals surface area contributed by atoms with E-state index < -0.39 is 0 Å². The standard InChI is InChI=1S/C22H22Cl2N4O2/c23-19-6-5-18(20(24)13-19)15-28-21(7-8-25-28)26-22(29)17-3-1-16(2-4-17)14-27-9-11-30-12-10-27/h1-8,13H,9-12,14-15H2,(H,26,29). The van der Waals surface area contributed by atoms with E-state index in [2.05, 4.69) is 15.3 Å². The van der Waals surface area contributed by atoms with Gasteiger partial charge in [-0.25, -0.2) is 4.68 Å². The summed E-state index contributed by atoms with van der Waals surface area (Å²) in [6, 6.07) is 14.8. The van der Waals surface area contributed by atoms with Crippen LogP contribution in [0.25, 0.3) is 0 Å². The third kappa shape index (κ3) is 5.21. The monoisotopic (exact) mass is 444 g/mol. The molecule has 1 amide bonds. The Bertz CT molecular complexity index is 1010. The first-order valence-electron chi connectivity index (χ1n) is 9.74. The molecule has 156 valence electrons. The summed E-state index contributed by atoms with van der Waals surface area (Å²) in [5.74, 6) is 0.417. The molecule has 1 aliphatic rings. The van der Waals surface area contributed by atoms with Crippen molar-refractivity contribution in [3.8, 4) is 0 Å². The smallest absolute Gasteiger partial charge is 0.256 e. The molecule has 2 heterocycles. The Hall–Kier alpha value is -2.38. The highest BCUT2D eigenvalue weighted by Crippen LogP contribution is 2.23. The molecule has 3 aromatic rings. The first-order valence-corrected chi connectivity index (χ1v) is 10.5. The fraction of sp³-hybridized carbons (Fsp3) is 0.273. The van der Waals surface area contributed by atoms with Gasteiger partial charge in [-0.3, -0.25) is 9.69 Å². The minimum absolute atomic E-state index is 0.183. The predicted octanol–water partition coefficient (Wildman–Crippen LogP) is 4.32. The van der Waals surface area contributed by atoms with E-state index in [1.54, 1.807) is 29.1 Å². The van der Waals surface area contributed by atoms with Gasteiger partial charge in [0.1, 0.15) is 5.82 Å². The molecule has 0 aliphatic carbocycles. The molecule has 1 saturated heterocycles. The van der Waals surface area contributed by atoms with Gasteiger partial charge >= 0.3 is 0 Å². The molecule has 4 rings (SSSR count). The number of hydrogen-bond acceptors (Lipinski definition) is 4. The maximum absolute atomic E-state index is 12.7. The van der Waals surface area contributed by atoms with E-state index in [-0.39, 0.29) is 5.91 Å². The van der Waals surface area contributed by atoms with Crippen LogP contribution in [-0.4, -0.2) is 46.9 Å². The van der Waals surface area contributed by atoms with Gasteiger partial charge < -0.3 is 10.1 Å². The van der Waals surface area contributed by atoms with E-state index in [9.17, 15) is 4.79 Å². The molecule has 6 nitrogen and oxygen atoms in total. The van der Waals surface area contributed by atoms with E-state index in [1.807, 2.05) is 30.3 Å². The van der Waals surface area contributed by atoms with E-state index in [0.717, 1.165) is 38.4 Å². The number of halogens is 2. The first-order chi connectivity index (χ1) is 14.6. The van der Waals surface area contributed by atoms with Crippen molar-refractivity contribution in [3.63, 3.8) is 0 Å². The quantitative estimate of drug-likeness (QED) is 0.614. The molecule has 2 aromatic carbocycles. The van der Waals surface area contributed by atoms with Crippen LogP contribution in [0.1, 0.15) is 21.5 Å². The highest BCUT2D eigenvalue weighted by Gasteiger charge is 2.13. The summed E-state index contributed by atoms with van der Waals surface area (Å²) in [4.78, 5) is 15.1. The predicted molar refractivity (Wildman–Crippen MR) is 118 cm³/mol. The Morgan fingerprint density at radius 2 is 1.80 bits per heavy atom. The fourth-order valence-corrected chi connectivity index (χ4v) is 3.81. The Morgan fingerprint density at radius 1 is 1.03 bits per heavy atom. The van der Waals surface area contributed by atoms with Gasteiger partial charge in [-0.15, -0.1) is 0 Å². The zero-order valence-corrected chi connectivity index (χ0v) is 17.9. The zero-order valence-electron chi connectivity index (χ0n) is 16.4. The highest BCUT2D eigenvalue weighted by molar-refractivity contribution is 6.35. The summed E-state index contributed by atoms with van der Waals surface area (Å²) in [5.41, 5.74) is 2.64. The van der Waals surface area contributed by atoms with E-state index in [1.165, 1.54) is 5.56 Å². The number of morpholine rings is 1. The number of amides is 1. The van der Waals surface area contributed by atoms with Crippen LogP contribution in [0.3, 0.4) is 0 Å². The van der Waals surface area contributed by atoms with E-state index >= 15 is 0 Å². The molecule has 0 radical (unpaired) electrons. The lowest BCUT2D eigenvalue weighted by molar-refractivity contribution is 0.0342. The molecule has 1 aliphatic heterocycles. The average Bonchev–Trinajstić information content (AvgIpc) is 3.18. The fourth-order valence-electron chi connectivity index (χ4n) is 3.34. The molecule has 0 saturated carbocycles. The van der Waals surface area contributed by atoms with Crippen molar-refractivity contribution < 1.29 is 9.53 Å². The Kier molecular flexibility index (Phi) is 6.69. The van der Waals surface area contributed by atoms with E-state index in [0.29, 0.717) is 28.0 Å². The van der Waals surface area contributed by atoms with Crippen molar-refractivity contribution in [1.29, 1.82) is 0 Å². The average molecular weight is 445 g/mol. The van der Waals surface area contributed by atoms with Gasteiger partial charge in [0.25, 0.3) is 5.91 Å². The van der Waals surface area contributed by atoms with E-state index in [4.69, 9.17) is 27.9 Å². The van der Waals surface area contributed by atoms with Crippen LogP contribution in [0, 0.1) is 0 Å². The van der Waals surface area contributed by atoms with Gasteiger partial charge in [-0.2, -0.15) is 5.10 Å². The molecule has 0 bridgehead atoms. The molecule has 0 unspecified atom stereocenters. The maximum Gasteiger partial charge on any atom is 0.256 e. The lowest BCUT2D eigenvalue weighted by Crippen LogP contribution is -2.35. The maximum atomic E-state index is 12.7. The number of hydrogen-bond donors (Lipinski definition) is 1. The second-order valence-corrected chi connectivity index (χ2v) is 7.99. The van der Waals surface area contributed by atoms with Crippen LogP contribution in [0.4, 0.5) is 5.82 Å². The zero-order chi connectivity index (χ0) is 20.9. The van der Waals surface area contributed by atoms with Crippen molar-refractivity contribution in [2.75, 3.05) is 31.6 Å². The van der Waals surface area contributed by atoms with Crippen molar-refractivity contribution in [2.24, 2.45) is 0 Å². The molecule has 1 fully saturated rings. The summed E-state index contributed by atoms with van der Waals surface area (Å²) in [7, 11) is 0. The minimum Gasteiger partial charge on any atom is -0.379 e. The van der Waals surface area contributed by atoms with Crippen LogP contribution in [-0.2, 0) is 17.8 Å². The number of rotatable bonds is 6. The third-order valence-electron chi connectivity index (χ3n) is 5.02. The van der Waals surface area contributed by atoms with Crippen LogP contribution in [0.15, 0.2) is 54.7 Å². The topological polar surface area (TPSA) is 59.4 Å². The van der Waals surface area contributed by atoms with Gasteiger partial charge in [-0.05, 0) is 35.4 Å². The summed E-state index contributed by atoms with van der Waals surface area (Å²) >= 11 is 12.2. The Morgan fingerprint density at radius 3 is 2.53 bits per heavy atom. The molecule has 1 aromatic heterocycles. The van der Waals surface area contributed by atoms with Crippen molar-refractivity contribution in [3.05, 3.63) is 81.5 Å². The second-order valence-electron chi connectivity index (χ2n) is 7.15. The molecular weight excluding hydrogens is 423 g/mol. The molecule has 0 atom stereocenters. The number of anilines is 1. The normalized spacial score (nSPS) is 14.6. The summed E-state index contributed by atoms with van der Waals surface area (Å²) < 4.78 is 7.08. The largest absolute Gasteiger partial charge is 0.379 e. The molecule has 1 N–H and O–H groups in total.